The SMILES string of the molecule is NC(=O)c1sc(Br)cc1F. The molecule has 0 spiro atoms. The first-order chi connectivity index (χ1) is 4.61. The Morgan fingerprint density at radius 3 is 2.60 bits per heavy atom. The predicted molar refractivity (Wildman–Crippen MR) is 40.5 cm³/mol. The Morgan fingerprint density at radius 2 is 2.40 bits per heavy atom. The summed E-state index contributed by atoms with van der Waals surface area (Å²) in [5.74, 6) is -1.29. The number of nitrogens with two attached hydrogens (primary N) is 1. The maximum absolute atomic E-state index is 12.5. The molecular weight excluding hydrogens is 221 g/mol. The van der Waals surface area contributed by atoms with Crippen molar-refractivity contribution in [2.24, 2.45) is 5.73 Å². The molecule has 0 radical (unpaired) electrons. The van der Waals surface area contributed by atoms with Gasteiger partial charge in [0.25, 0.3) is 5.91 Å². The summed E-state index contributed by atoms with van der Waals surface area (Å²) in [5.41, 5.74) is 4.84. The molecule has 0 aromatic carbocycles. The molecule has 0 saturated heterocycles. The van der Waals surface area contributed by atoms with E-state index in [-0.39, 0.29) is 4.88 Å². The van der Waals surface area contributed by atoms with Crippen molar-refractivity contribution >= 4 is 33.2 Å². The fraction of sp³-hybridized carbons (Fsp3) is 0. The number of rotatable bonds is 1. The fourth-order valence-corrected chi connectivity index (χ4v) is 1.81. The highest BCUT2D eigenvalue weighted by Gasteiger charge is 2.11. The van der Waals surface area contributed by atoms with Gasteiger partial charge in [0, 0.05) is 0 Å². The van der Waals surface area contributed by atoms with Crippen molar-refractivity contribution in [3.05, 3.63) is 20.5 Å². The molecule has 54 valence electrons. The van der Waals surface area contributed by atoms with Crippen molar-refractivity contribution in [1.29, 1.82) is 0 Å². The van der Waals surface area contributed by atoms with Gasteiger partial charge in [-0.3, -0.25) is 4.79 Å². The predicted octanol–water partition coefficient (Wildman–Crippen LogP) is 1.75. The van der Waals surface area contributed by atoms with E-state index in [1.165, 1.54) is 6.07 Å². The van der Waals surface area contributed by atoms with Crippen LogP contribution in [0.15, 0.2) is 9.85 Å². The van der Waals surface area contributed by atoms with Crippen LogP contribution in [-0.2, 0) is 0 Å². The van der Waals surface area contributed by atoms with Crippen LogP contribution in [0.3, 0.4) is 0 Å². The highest BCUT2D eigenvalue weighted by Crippen LogP contribution is 2.25. The molecule has 0 saturated carbocycles. The van der Waals surface area contributed by atoms with E-state index in [0.717, 1.165) is 11.3 Å². The highest BCUT2D eigenvalue weighted by molar-refractivity contribution is 9.11. The lowest BCUT2D eigenvalue weighted by molar-refractivity contribution is 0.100. The molecule has 0 aliphatic carbocycles. The monoisotopic (exact) mass is 223 g/mol. The van der Waals surface area contributed by atoms with Crippen molar-refractivity contribution in [2.75, 3.05) is 0 Å². The first kappa shape index (κ1) is 7.68. The largest absolute Gasteiger partial charge is 0.365 e. The third-order valence-corrected chi connectivity index (χ3v) is 2.51. The van der Waals surface area contributed by atoms with Crippen LogP contribution >= 0.6 is 27.3 Å². The van der Waals surface area contributed by atoms with Crippen molar-refractivity contribution in [3.8, 4) is 0 Å². The van der Waals surface area contributed by atoms with Gasteiger partial charge in [0.1, 0.15) is 10.7 Å². The zero-order chi connectivity index (χ0) is 7.72. The van der Waals surface area contributed by atoms with E-state index in [1.54, 1.807) is 0 Å². The Hall–Kier alpha value is -0.420. The van der Waals surface area contributed by atoms with Gasteiger partial charge in [-0.2, -0.15) is 0 Å². The summed E-state index contributed by atoms with van der Waals surface area (Å²) in [5, 5.41) is 0. The second kappa shape index (κ2) is 2.67. The third kappa shape index (κ3) is 1.35. The summed E-state index contributed by atoms with van der Waals surface area (Å²) >= 11 is 4.01. The Morgan fingerprint density at radius 1 is 1.80 bits per heavy atom. The van der Waals surface area contributed by atoms with Crippen LogP contribution in [0.5, 0.6) is 0 Å². The summed E-state index contributed by atoms with van der Waals surface area (Å²) in [6.45, 7) is 0. The molecule has 2 nitrogen and oxygen atoms in total. The maximum atomic E-state index is 12.5. The topological polar surface area (TPSA) is 43.1 Å². The van der Waals surface area contributed by atoms with E-state index in [1.807, 2.05) is 0 Å². The molecule has 10 heavy (non-hydrogen) atoms. The highest BCUT2D eigenvalue weighted by atomic mass is 79.9. The molecule has 0 unspecified atom stereocenters. The average Bonchev–Trinajstić information content (AvgIpc) is 2.10. The molecule has 0 aliphatic rings. The molecule has 1 aromatic rings. The lowest BCUT2D eigenvalue weighted by Gasteiger charge is -1.84. The molecular formula is C5H3BrFNOS. The van der Waals surface area contributed by atoms with Crippen LogP contribution in [-0.4, -0.2) is 5.91 Å². The van der Waals surface area contributed by atoms with Gasteiger partial charge in [-0.1, -0.05) is 0 Å². The minimum atomic E-state index is -0.729. The van der Waals surface area contributed by atoms with Gasteiger partial charge >= 0.3 is 0 Å². The van der Waals surface area contributed by atoms with Gasteiger partial charge in [-0.15, -0.1) is 11.3 Å². The van der Waals surface area contributed by atoms with E-state index in [9.17, 15) is 9.18 Å². The van der Waals surface area contributed by atoms with Gasteiger partial charge in [0.05, 0.1) is 3.79 Å². The zero-order valence-corrected chi connectivity index (χ0v) is 7.13. The molecule has 1 heterocycles. The van der Waals surface area contributed by atoms with E-state index >= 15 is 0 Å². The first-order valence-corrected chi connectivity index (χ1v) is 3.97. The third-order valence-electron chi connectivity index (χ3n) is 0.880. The quantitative estimate of drug-likeness (QED) is 0.775. The van der Waals surface area contributed by atoms with Crippen molar-refractivity contribution in [3.63, 3.8) is 0 Å². The van der Waals surface area contributed by atoms with Crippen LogP contribution < -0.4 is 5.73 Å². The van der Waals surface area contributed by atoms with Gasteiger partial charge in [0.2, 0.25) is 0 Å². The van der Waals surface area contributed by atoms with Crippen molar-refractivity contribution < 1.29 is 9.18 Å². The molecule has 0 atom stereocenters. The van der Waals surface area contributed by atoms with Crippen LogP contribution in [0.1, 0.15) is 9.67 Å². The normalized spacial score (nSPS) is 9.80. The smallest absolute Gasteiger partial charge is 0.261 e. The number of carbonyl (C=O) groups is 1. The molecule has 5 heteroatoms. The van der Waals surface area contributed by atoms with Crippen LogP contribution in [0.25, 0.3) is 0 Å². The molecule has 1 amide bonds. The van der Waals surface area contributed by atoms with Crippen molar-refractivity contribution in [1.82, 2.24) is 0 Å². The van der Waals surface area contributed by atoms with Gasteiger partial charge < -0.3 is 5.73 Å². The van der Waals surface area contributed by atoms with Crippen LogP contribution in [0.2, 0.25) is 0 Å². The Balaban J connectivity index is 3.15. The maximum Gasteiger partial charge on any atom is 0.261 e. The van der Waals surface area contributed by atoms with E-state index in [0.29, 0.717) is 3.79 Å². The second-order valence-corrected chi connectivity index (χ2v) is 4.02. The molecule has 0 bridgehead atoms. The summed E-state index contributed by atoms with van der Waals surface area (Å²) in [4.78, 5) is 10.4. The standard InChI is InChI=1S/C5H3BrFNOS/c6-3-1-2(7)4(10-3)5(8)9/h1H,(H2,8,9). The van der Waals surface area contributed by atoms with Crippen LogP contribution in [0, 0.1) is 5.82 Å². The minimum Gasteiger partial charge on any atom is -0.365 e. The van der Waals surface area contributed by atoms with Gasteiger partial charge in [-0.25, -0.2) is 4.39 Å². The molecule has 1 aromatic heterocycles. The fourth-order valence-electron chi connectivity index (χ4n) is 0.509. The molecule has 0 fully saturated rings. The number of amides is 1. The number of halogens is 2. The first-order valence-electron chi connectivity index (χ1n) is 2.36. The number of thiophene rings is 1. The van der Waals surface area contributed by atoms with E-state index in [2.05, 4.69) is 15.9 Å². The lowest BCUT2D eigenvalue weighted by atomic mass is 10.4. The summed E-state index contributed by atoms with van der Waals surface area (Å²) in [6, 6.07) is 1.21. The van der Waals surface area contributed by atoms with Gasteiger partial charge in [-0.05, 0) is 22.0 Å². The molecule has 2 N–H and O–H groups in total. The molecule has 1 rings (SSSR count). The Kier molecular flexibility index (Phi) is 2.05. The van der Waals surface area contributed by atoms with E-state index in [4.69, 9.17) is 5.73 Å². The Bertz CT molecular complexity index is 273. The second-order valence-electron chi connectivity index (χ2n) is 1.59. The van der Waals surface area contributed by atoms with Gasteiger partial charge in [0.15, 0.2) is 0 Å². The van der Waals surface area contributed by atoms with Crippen molar-refractivity contribution in [2.45, 2.75) is 0 Å². The summed E-state index contributed by atoms with van der Waals surface area (Å²) < 4.78 is 13.1. The zero-order valence-electron chi connectivity index (χ0n) is 4.73. The van der Waals surface area contributed by atoms with E-state index < -0.39 is 11.7 Å². The number of carbonyl (C=O) groups excluding carboxylic acids is 1. The number of hydrogen-bond donors (Lipinski definition) is 1. The molecule has 0 aliphatic heterocycles. The summed E-state index contributed by atoms with van der Waals surface area (Å²) in [7, 11) is 0. The number of primary amides is 1. The summed E-state index contributed by atoms with van der Waals surface area (Å²) in [6.07, 6.45) is 0. The average molecular weight is 224 g/mol. The Labute approximate surface area is 69.0 Å². The number of hydrogen-bond acceptors (Lipinski definition) is 2. The lowest BCUT2D eigenvalue weighted by Crippen LogP contribution is -2.10. The minimum absolute atomic E-state index is 0.0353. The van der Waals surface area contributed by atoms with Crippen LogP contribution in [0.4, 0.5) is 4.39 Å².